The summed E-state index contributed by atoms with van der Waals surface area (Å²) in [6.45, 7) is 1.85. The first-order valence-corrected chi connectivity index (χ1v) is 4.95. The average Bonchev–Trinajstić information content (AvgIpc) is 2.29. The van der Waals surface area contributed by atoms with E-state index >= 15 is 0 Å². The molecule has 0 aliphatic rings. The molecule has 1 atom stereocenters. The molecule has 1 unspecified atom stereocenters. The third-order valence-corrected chi connectivity index (χ3v) is 1.95. The molecular formula is C10H13N3O3. The van der Waals surface area contributed by atoms with E-state index in [0.717, 1.165) is 0 Å². The highest BCUT2D eigenvalue weighted by Gasteiger charge is 2.20. The SMILES string of the molecule is CCCC(NC(=O)c1ncccn1)C(=O)O. The Morgan fingerprint density at radius 1 is 1.44 bits per heavy atom. The number of aliphatic carboxylic acids is 1. The van der Waals surface area contributed by atoms with Crippen LogP contribution in [0.15, 0.2) is 18.5 Å². The molecule has 0 fully saturated rings. The van der Waals surface area contributed by atoms with E-state index in [1.165, 1.54) is 12.4 Å². The van der Waals surface area contributed by atoms with Gasteiger partial charge < -0.3 is 10.4 Å². The Hall–Kier alpha value is -1.98. The molecule has 1 heterocycles. The van der Waals surface area contributed by atoms with E-state index < -0.39 is 17.9 Å². The molecule has 0 bridgehead atoms. The quantitative estimate of drug-likeness (QED) is 0.756. The maximum atomic E-state index is 11.5. The van der Waals surface area contributed by atoms with Crippen molar-refractivity contribution in [3.8, 4) is 0 Å². The Morgan fingerprint density at radius 2 is 2.06 bits per heavy atom. The number of aromatic nitrogens is 2. The zero-order valence-corrected chi connectivity index (χ0v) is 8.88. The Bertz CT molecular complexity index is 367. The Kier molecular flexibility index (Phi) is 4.38. The fourth-order valence-electron chi connectivity index (χ4n) is 1.19. The number of nitrogens with zero attached hydrogens (tertiary/aromatic N) is 2. The summed E-state index contributed by atoms with van der Waals surface area (Å²) in [5.74, 6) is -1.64. The van der Waals surface area contributed by atoms with Crippen LogP contribution in [0.25, 0.3) is 0 Å². The van der Waals surface area contributed by atoms with Crippen LogP contribution in [0.3, 0.4) is 0 Å². The maximum Gasteiger partial charge on any atom is 0.326 e. The number of carbonyl (C=O) groups is 2. The van der Waals surface area contributed by atoms with E-state index in [2.05, 4.69) is 15.3 Å². The van der Waals surface area contributed by atoms with Crippen LogP contribution < -0.4 is 5.32 Å². The third-order valence-electron chi connectivity index (χ3n) is 1.95. The molecule has 6 heteroatoms. The van der Waals surface area contributed by atoms with Gasteiger partial charge in [0.05, 0.1) is 0 Å². The van der Waals surface area contributed by atoms with E-state index in [9.17, 15) is 9.59 Å². The number of hydrogen-bond donors (Lipinski definition) is 2. The molecular weight excluding hydrogens is 210 g/mol. The van der Waals surface area contributed by atoms with Crippen molar-refractivity contribution in [1.29, 1.82) is 0 Å². The van der Waals surface area contributed by atoms with Gasteiger partial charge in [-0.1, -0.05) is 13.3 Å². The normalized spacial score (nSPS) is 11.8. The highest BCUT2D eigenvalue weighted by Crippen LogP contribution is 1.98. The van der Waals surface area contributed by atoms with Gasteiger partial charge in [-0.2, -0.15) is 0 Å². The monoisotopic (exact) mass is 223 g/mol. The van der Waals surface area contributed by atoms with E-state index in [4.69, 9.17) is 5.11 Å². The van der Waals surface area contributed by atoms with Gasteiger partial charge in [-0.25, -0.2) is 14.8 Å². The summed E-state index contributed by atoms with van der Waals surface area (Å²) in [6.07, 6.45) is 3.91. The lowest BCUT2D eigenvalue weighted by Gasteiger charge is -2.12. The van der Waals surface area contributed by atoms with Gasteiger partial charge in [0.25, 0.3) is 5.91 Å². The van der Waals surface area contributed by atoms with E-state index in [1.54, 1.807) is 6.07 Å². The summed E-state index contributed by atoms with van der Waals surface area (Å²) in [5.41, 5.74) is 0. The molecule has 1 rings (SSSR count). The van der Waals surface area contributed by atoms with E-state index in [1.807, 2.05) is 6.92 Å². The Labute approximate surface area is 92.7 Å². The second-order valence-corrected chi connectivity index (χ2v) is 3.23. The summed E-state index contributed by atoms with van der Waals surface area (Å²) >= 11 is 0. The van der Waals surface area contributed by atoms with Crippen LogP contribution in [0.1, 0.15) is 30.4 Å². The number of amides is 1. The minimum absolute atomic E-state index is 0.0233. The van der Waals surface area contributed by atoms with Crippen LogP contribution in [-0.4, -0.2) is 33.0 Å². The Balaban J connectivity index is 2.65. The lowest BCUT2D eigenvalue weighted by atomic mass is 10.1. The molecule has 0 radical (unpaired) electrons. The number of hydrogen-bond acceptors (Lipinski definition) is 4. The maximum absolute atomic E-state index is 11.5. The minimum atomic E-state index is -1.05. The topological polar surface area (TPSA) is 92.2 Å². The van der Waals surface area contributed by atoms with Crippen molar-refractivity contribution in [1.82, 2.24) is 15.3 Å². The molecule has 1 amide bonds. The van der Waals surface area contributed by atoms with Crippen LogP contribution in [0.5, 0.6) is 0 Å². The number of carboxylic acid groups (broad SMARTS) is 1. The molecule has 6 nitrogen and oxygen atoms in total. The van der Waals surface area contributed by atoms with Crippen molar-refractivity contribution in [2.45, 2.75) is 25.8 Å². The molecule has 0 saturated heterocycles. The molecule has 86 valence electrons. The highest BCUT2D eigenvalue weighted by molar-refractivity contribution is 5.93. The van der Waals surface area contributed by atoms with Gasteiger partial charge in [-0.15, -0.1) is 0 Å². The fourth-order valence-corrected chi connectivity index (χ4v) is 1.19. The molecule has 1 aromatic heterocycles. The number of carbonyl (C=O) groups excluding carboxylic acids is 1. The molecule has 1 aromatic rings. The summed E-state index contributed by atoms with van der Waals surface area (Å²) in [7, 11) is 0. The minimum Gasteiger partial charge on any atom is -0.480 e. The summed E-state index contributed by atoms with van der Waals surface area (Å²) in [6, 6.07) is 0.693. The smallest absolute Gasteiger partial charge is 0.326 e. The molecule has 0 saturated carbocycles. The summed E-state index contributed by atoms with van der Waals surface area (Å²) in [5, 5.41) is 11.2. The molecule has 2 N–H and O–H groups in total. The molecule has 0 aromatic carbocycles. The van der Waals surface area contributed by atoms with E-state index in [0.29, 0.717) is 12.8 Å². The van der Waals surface area contributed by atoms with Gasteiger partial charge >= 0.3 is 5.97 Å². The summed E-state index contributed by atoms with van der Waals surface area (Å²) < 4.78 is 0. The largest absolute Gasteiger partial charge is 0.480 e. The fraction of sp³-hybridized carbons (Fsp3) is 0.400. The zero-order valence-electron chi connectivity index (χ0n) is 8.88. The lowest BCUT2D eigenvalue weighted by Crippen LogP contribution is -2.41. The lowest BCUT2D eigenvalue weighted by molar-refractivity contribution is -0.139. The molecule has 0 spiro atoms. The van der Waals surface area contributed by atoms with Crippen molar-refractivity contribution in [3.05, 3.63) is 24.3 Å². The van der Waals surface area contributed by atoms with Crippen molar-refractivity contribution in [2.24, 2.45) is 0 Å². The highest BCUT2D eigenvalue weighted by atomic mass is 16.4. The van der Waals surface area contributed by atoms with Crippen LogP contribution >= 0.6 is 0 Å². The van der Waals surface area contributed by atoms with Crippen molar-refractivity contribution in [2.75, 3.05) is 0 Å². The van der Waals surface area contributed by atoms with Gasteiger partial charge in [-0.05, 0) is 12.5 Å². The average molecular weight is 223 g/mol. The van der Waals surface area contributed by atoms with Crippen LogP contribution in [0, 0.1) is 0 Å². The van der Waals surface area contributed by atoms with Crippen molar-refractivity contribution < 1.29 is 14.7 Å². The number of nitrogens with one attached hydrogen (secondary N) is 1. The van der Waals surface area contributed by atoms with Gasteiger partial charge in [0.2, 0.25) is 5.82 Å². The molecule has 0 aliphatic heterocycles. The first-order valence-electron chi connectivity index (χ1n) is 4.95. The van der Waals surface area contributed by atoms with Gasteiger partial charge in [-0.3, -0.25) is 4.79 Å². The Morgan fingerprint density at radius 3 is 2.56 bits per heavy atom. The number of carboxylic acids is 1. The van der Waals surface area contributed by atoms with Crippen LogP contribution in [-0.2, 0) is 4.79 Å². The van der Waals surface area contributed by atoms with Crippen LogP contribution in [0.2, 0.25) is 0 Å². The third kappa shape index (κ3) is 3.30. The molecule has 0 aliphatic carbocycles. The van der Waals surface area contributed by atoms with Gasteiger partial charge in [0, 0.05) is 12.4 Å². The first kappa shape index (κ1) is 12.1. The zero-order chi connectivity index (χ0) is 12.0. The van der Waals surface area contributed by atoms with Crippen molar-refractivity contribution in [3.63, 3.8) is 0 Å². The standard InChI is InChI=1S/C10H13N3O3/c1-2-4-7(10(15)16)13-9(14)8-11-5-3-6-12-8/h3,5-7H,2,4H2,1H3,(H,13,14)(H,15,16). The van der Waals surface area contributed by atoms with Crippen LogP contribution in [0.4, 0.5) is 0 Å². The first-order chi connectivity index (χ1) is 7.65. The second kappa shape index (κ2) is 5.79. The second-order valence-electron chi connectivity index (χ2n) is 3.23. The van der Waals surface area contributed by atoms with Gasteiger partial charge in [0.15, 0.2) is 0 Å². The number of rotatable bonds is 5. The molecule has 16 heavy (non-hydrogen) atoms. The van der Waals surface area contributed by atoms with Gasteiger partial charge in [0.1, 0.15) is 6.04 Å². The van der Waals surface area contributed by atoms with E-state index in [-0.39, 0.29) is 5.82 Å². The predicted molar refractivity (Wildman–Crippen MR) is 55.8 cm³/mol. The van der Waals surface area contributed by atoms with Crippen molar-refractivity contribution >= 4 is 11.9 Å². The predicted octanol–water partition coefficient (Wildman–Crippen LogP) is 0.460. The summed E-state index contributed by atoms with van der Waals surface area (Å²) in [4.78, 5) is 29.8.